The van der Waals surface area contributed by atoms with Gasteiger partial charge in [0.15, 0.2) is 0 Å². The number of hydrogen-bond acceptors (Lipinski definition) is 3. The van der Waals surface area contributed by atoms with E-state index in [0.29, 0.717) is 17.3 Å². The van der Waals surface area contributed by atoms with Crippen molar-refractivity contribution in [3.8, 4) is 0 Å². The summed E-state index contributed by atoms with van der Waals surface area (Å²) in [7, 11) is 0. The van der Waals surface area contributed by atoms with Crippen LogP contribution >= 0.6 is 0 Å². The van der Waals surface area contributed by atoms with Gasteiger partial charge < -0.3 is 9.52 Å². The summed E-state index contributed by atoms with van der Waals surface area (Å²) in [5.41, 5.74) is 1.50. The number of hydrogen-bond donors (Lipinski definition) is 1. The van der Waals surface area contributed by atoms with Crippen LogP contribution in [0.2, 0.25) is 0 Å². The number of aryl methyl sites for hydroxylation is 1. The molecule has 0 radical (unpaired) electrons. The Hall–Kier alpha value is -2.36. The minimum absolute atomic E-state index is 0.117. The van der Waals surface area contributed by atoms with Crippen molar-refractivity contribution >= 4 is 18.1 Å². The maximum Gasteiger partial charge on any atom is 0.309 e. The first-order valence-corrected chi connectivity index (χ1v) is 5.56. The van der Waals surface area contributed by atoms with Crippen molar-refractivity contribution < 1.29 is 14.3 Å². The minimum Gasteiger partial charge on any atom is -0.481 e. The highest BCUT2D eigenvalue weighted by molar-refractivity contribution is 5.70. The first-order valence-electron chi connectivity index (χ1n) is 5.56. The molecule has 0 spiro atoms. The van der Waals surface area contributed by atoms with Gasteiger partial charge in [-0.1, -0.05) is 30.3 Å². The zero-order chi connectivity index (χ0) is 13.0. The van der Waals surface area contributed by atoms with Crippen molar-refractivity contribution in [3.63, 3.8) is 0 Å². The van der Waals surface area contributed by atoms with Crippen molar-refractivity contribution in [2.24, 2.45) is 0 Å². The molecule has 4 nitrogen and oxygen atoms in total. The number of benzene rings is 1. The molecule has 0 unspecified atom stereocenters. The summed E-state index contributed by atoms with van der Waals surface area (Å²) >= 11 is 0. The van der Waals surface area contributed by atoms with E-state index in [-0.39, 0.29) is 6.42 Å². The van der Waals surface area contributed by atoms with Gasteiger partial charge in [-0.15, -0.1) is 0 Å². The Balaban J connectivity index is 2.15. The molecule has 0 fully saturated rings. The van der Waals surface area contributed by atoms with Crippen LogP contribution in [0.5, 0.6) is 0 Å². The lowest BCUT2D eigenvalue weighted by Gasteiger charge is -1.89. The quantitative estimate of drug-likeness (QED) is 0.896. The van der Waals surface area contributed by atoms with Gasteiger partial charge in [-0.2, -0.15) is 0 Å². The highest BCUT2D eigenvalue weighted by atomic mass is 16.4. The molecule has 1 N–H and O–H groups in total. The van der Waals surface area contributed by atoms with Crippen molar-refractivity contribution in [2.75, 3.05) is 0 Å². The SMILES string of the molecule is Cc1oc(/C=C/c2ccccc2)nc1CC(=O)O. The van der Waals surface area contributed by atoms with Gasteiger partial charge in [-0.3, -0.25) is 4.79 Å². The van der Waals surface area contributed by atoms with Crippen LogP contribution in [0.1, 0.15) is 22.9 Å². The van der Waals surface area contributed by atoms with Gasteiger partial charge >= 0.3 is 5.97 Å². The fourth-order valence-corrected chi connectivity index (χ4v) is 1.56. The molecule has 1 aromatic heterocycles. The maximum absolute atomic E-state index is 10.6. The van der Waals surface area contributed by atoms with Gasteiger partial charge in [0.2, 0.25) is 5.89 Å². The first kappa shape index (κ1) is 12.1. The molecule has 2 aromatic rings. The number of aliphatic carboxylic acids is 1. The zero-order valence-electron chi connectivity index (χ0n) is 9.96. The van der Waals surface area contributed by atoms with Gasteiger partial charge in [-0.25, -0.2) is 4.98 Å². The lowest BCUT2D eigenvalue weighted by Crippen LogP contribution is -2.01. The standard InChI is InChI=1S/C14H13NO3/c1-10-12(9-14(16)17)15-13(18-10)8-7-11-5-3-2-4-6-11/h2-8H,9H2,1H3,(H,16,17)/b8-7+. The number of oxazole rings is 1. The predicted molar refractivity (Wildman–Crippen MR) is 67.9 cm³/mol. The Morgan fingerprint density at radius 3 is 2.72 bits per heavy atom. The molecule has 0 aliphatic carbocycles. The van der Waals surface area contributed by atoms with E-state index in [9.17, 15) is 4.79 Å². The summed E-state index contributed by atoms with van der Waals surface area (Å²) in [6, 6.07) is 9.75. The molecule has 0 aliphatic heterocycles. The van der Waals surface area contributed by atoms with E-state index in [2.05, 4.69) is 4.98 Å². The van der Waals surface area contributed by atoms with Crippen LogP contribution < -0.4 is 0 Å². The van der Waals surface area contributed by atoms with Gasteiger partial charge in [0.25, 0.3) is 0 Å². The van der Waals surface area contributed by atoms with Gasteiger partial charge in [0.1, 0.15) is 5.76 Å². The molecule has 0 saturated heterocycles. The van der Waals surface area contributed by atoms with Gasteiger partial charge in [0, 0.05) is 6.08 Å². The topological polar surface area (TPSA) is 63.3 Å². The van der Waals surface area contributed by atoms with Crippen molar-refractivity contribution in [1.82, 2.24) is 4.98 Å². The van der Waals surface area contributed by atoms with E-state index in [4.69, 9.17) is 9.52 Å². The predicted octanol–water partition coefficient (Wildman–Crippen LogP) is 2.78. The Kier molecular flexibility index (Phi) is 3.57. The highest BCUT2D eigenvalue weighted by Gasteiger charge is 2.10. The summed E-state index contributed by atoms with van der Waals surface area (Å²) in [5.74, 6) is 0.0581. The number of carbonyl (C=O) groups is 1. The van der Waals surface area contributed by atoms with Gasteiger partial charge in [0.05, 0.1) is 12.1 Å². The fraction of sp³-hybridized carbons (Fsp3) is 0.143. The van der Waals surface area contributed by atoms with E-state index in [1.807, 2.05) is 36.4 Å². The summed E-state index contributed by atoms with van der Waals surface area (Å²) < 4.78 is 5.38. The van der Waals surface area contributed by atoms with Crippen LogP contribution in [0.4, 0.5) is 0 Å². The Morgan fingerprint density at radius 2 is 2.06 bits per heavy atom. The number of carboxylic acid groups (broad SMARTS) is 1. The van der Waals surface area contributed by atoms with Crippen LogP contribution in [-0.4, -0.2) is 16.1 Å². The summed E-state index contributed by atoms with van der Waals surface area (Å²) in [6.45, 7) is 1.71. The summed E-state index contributed by atoms with van der Waals surface area (Å²) in [4.78, 5) is 14.7. The molecule has 0 atom stereocenters. The molecule has 18 heavy (non-hydrogen) atoms. The molecule has 0 aliphatic rings. The van der Waals surface area contributed by atoms with Crippen LogP contribution in [0.3, 0.4) is 0 Å². The Morgan fingerprint density at radius 1 is 1.33 bits per heavy atom. The second-order valence-electron chi connectivity index (χ2n) is 3.87. The third-order valence-electron chi connectivity index (χ3n) is 2.45. The van der Waals surface area contributed by atoms with E-state index in [0.717, 1.165) is 5.56 Å². The average Bonchev–Trinajstić information content (AvgIpc) is 2.68. The molecular weight excluding hydrogens is 230 g/mol. The smallest absolute Gasteiger partial charge is 0.309 e. The average molecular weight is 243 g/mol. The normalized spacial score (nSPS) is 10.9. The molecule has 1 aromatic carbocycles. The van der Waals surface area contributed by atoms with Crippen LogP contribution in [0, 0.1) is 6.92 Å². The second-order valence-corrected chi connectivity index (χ2v) is 3.87. The number of rotatable bonds is 4. The first-order chi connectivity index (χ1) is 8.65. The summed E-state index contributed by atoms with van der Waals surface area (Å²) in [5, 5.41) is 8.71. The Bertz CT molecular complexity index is 570. The van der Waals surface area contributed by atoms with Gasteiger partial charge in [-0.05, 0) is 18.6 Å². The molecule has 0 saturated carbocycles. The molecule has 0 amide bonds. The Labute approximate surface area is 105 Å². The maximum atomic E-state index is 10.6. The van der Waals surface area contributed by atoms with E-state index in [1.54, 1.807) is 13.0 Å². The second kappa shape index (κ2) is 5.31. The third kappa shape index (κ3) is 3.07. The van der Waals surface area contributed by atoms with Crippen LogP contribution in [-0.2, 0) is 11.2 Å². The lowest BCUT2D eigenvalue weighted by molar-refractivity contribution is -0.136. The molecule has 1 heterocycles. The van der Waals surface area contributed by atoms with E-state index in [1.165, 1.54) is 0 Å². The number of aromatic nitrogens is 1. The van der Waals surface area contributed by atoms with Crippen molar-refractivity contribution in [3.05, 3.63) is 53.2 Å². The minimum atomic E-state index is -0.912. The van der Waals surface area contributed by atoms with Crippen LogP contribution in [0.25, 0.3) is 12.2 Å². The molecule has 0 bridgehead atoms. The van der Waals surface area contributed by atoms with E-state index < -0.39 is 5.97 Å². The largest absolute Gasteiger partial charge is 0.481 e. The van der Waals surface area contributed by atoms with Crippen LogP contribution in [0.15, 0.2) is 34.7 Å². The number of nitrogens with zero attached hydrogens (tertiary/aromatic N) is 1. The molecular formula is C14H13NO3. The van der Waals surface area contributed by atoms with Crippen molar-refractivity contribution in [2.45, 2.75) is 13.3 Å². The van der Waals surface area contributed by atoms with Crippen molar-refractivity contribution in [1.29, 1.82) is 0 Å². The highest BCUT2D eigenvalue weighted by Crippen LogP contribution is 2.13. The molecule has 2 rings (SSSR count). The van der Waals surface area contributed by atoms with E-state index >= 15 is 0 Å². The third-order valence-corrected chi connectivity index (χ3v) is 2.45. The lowest BCUT2D eigenvalue weighted by atomic mass is 10.2. The molecule has 92 valence electrons. The summed E-state index contributed by atoms with van der Waals surface area (Å²) in [6.07, 6.45) is 3.48. The fourth-order valence-electron chi connectivity index (χ4n) is 1.56. The monoisotopic (exact) mass is 243 g/mol. The molecule has 4 heteroatoms. The zero-order valence-corrected chi connectivity index (χ0v) is 9.96. The number of carboxylic acids is 1.